The summed E-state index contributed by atoms with van der Waals surface area (Å²) in [6.45, 7) is 1.09. The van der Waals surface area contributed by atoms with Crippen molar-refractivity contribution in [2.45, 2.75) is 0 Å². The Morgan fingerprint density at radius 2 is 1.90 bits per heavy atom. The Kier molecular flexibility index (Phi) is 9.47. The van der Waals surface area contributed by atoms with Crippen LogP contribution in [0.1, 0.15) is 0 Å². The Bertz CT molecular complexity index is 699. The van der Waals surface area contributed by atoms with Crippen molar-refractivity contribution in [3.63, 3.8) is 0 Å². The third-order valence-electron chi connectivity index (χ3n) is 3.44. The van der Waals surface area contributed by atoms with Crippen molar-refractivity contribution in [1.82, 2.24) is 15.6 Å². The molecule has 0 atom stereocenters. The number of halogens is 2. The highest BCUT2D eigenvalue weighted by atomic mass is 35.5. The highest BCUT2D eigenvalue weighted by Gasteiger charge is 2.21. The molecule has 0 unspecified atom stereocenters. The second-order valence-corrected chi connectivity index (χ2v) is 6.34. The van der Waals surface area contributed by atoms with E-state index in [1.165, 1.54) is 12.1 Å². The first kappa shape index (κ1) is 23.2. The van der Waals surface area contributed by atoms with Gasteiger partial charge in [-0.05, 0) is 12.1 Å². The van der Waals surface area contributed by atoms with Crippen LogP contribution < -0.4 is 11.1 Å². The van der Waals surface area contributed by atoms with Gasteiger partial charge in [-0.15, -0.1) is 0 Å². The summed E-state index contributed by atoms with van der Waals surface area (Å²) in [5.41, 5.74) is 6.45. The van der Waals surface area contributed by atoms with Crippen LogP contribution in [0.25, 0.3) is 0 Å². The first-order valence-electron chi connectivity index (χ1n) is 8.37. The number of nitrogens with one attached hydrogen (secondary N) is 1. The lowest BCUT2D eigenvalue weighted by atomic mass is 10.3. The Morgan fingerprint density at radius 1 is 1.21 bits per heavy atom. The van der Waals surface area contributed by atoms with Crippen LogP contribution >= 0.6 is 23.2 Å². The summed E-state index contributed by atoms with van der Waals surface area (Å²) in [7, 11) is 0. The van der Waals surface area contributed by atoms with E-state index < -0.39 is 11.5 Å². The lowest BCUT2D eigenvalue weighted by Crippen LogP contribution is -2.33. The van der Waals surface area contributed by atoms with E-state index >= 15 is 0 Å². The number of benzene rings is 1. The molecule has 1 aliphatic heterocycles. The van der Waals surface area contributed by atoms with Crippen molar-refractivity contribution in [2.24, 2.45) is 4.99 Å². The minimum absolute atomic E-state index is 0.0450. The summed E-state index contributed by atoms with van der Waals surface area (Å²) in [5, 5.41) is 19.8. The Hall–Kier alpha value is -2.06. The molecule has 1 aromatic carbocycles. The van der Waals surface area contributed by atoms with E-state index in [0.29, 0.717) is 40.5 Å². The van der Waals surface area contributed by atoms with Crippen molar-refractivity contribution in [2.75, 3.05) is 52.0 Å². The molecule has 1 aliphatic rings. The molecule has 0 radical (unpaired) electrons. The molecule has 29 heavy (non-hydrogen) atoms. The average molecular weight is 454 g/mol. The van der Waals surface area contributed by atoms with Crippen LogP contribution in [0.4, 0.5) is 16.2 Å². The van der Waals surface area contributed by atoms with E-state index in [-0.39, 0.29) is 33.2 Å². The second-order valence-electron chi connectivity index (χ2n) is 5.53. The number of guanidine groups is 1. The fourth-order valence-electron chi connectivity index (χ4n) is 2.19. The van der Waals surface area contributed by atoms with Crippen LogP contribution in [0, 0.1) is 0 Å². The van der Waals surface area contributed by atoms with Gasteiger partial charge in [0.05, 0.1) is 35.3 Å². The summed E-state index contributed by atoms with van der Waals surface area (Å²) in [5.74, 6) is 0.441. The third kappa shape index (κ3) is 8.06. The highest BCUT2D eigenvalue weighted by molar-refractivity contribution is 6.39. The topological polar surface area (TPSA) is 151 Å². The molecular weight excluding hydrogens is 433 g/mol. The molecule has 0 bridgehead atoms. The molecule has 0 saturated carbocycles. The average Bonchev–Trinajstić information content (AvgIpc) is 3.09. The van der Waals surface area contributed by atoms with Crippen molar-refractivity contribution in [1.29, 1.82) is 0 Å². The summed E-state index contributed by atoms with van der Waals surface area (Å²) < 4.78 is 14.9. The highest BCUT2D eigenvalue weighted by Crippen LogP contribution is 2.35. The number of aliphatic imine (C=N–C) groups is 1. The van der Waals surface area contributed by atoms with Crippen LogP contribution in [0.15, 0.2) is 17.1 Å². The monoisotopic (exact) mass is 453 g/mol. The number of hydrogen-bond acceptors (Lipinski definition) is 10. The Balaban J connectivity index is 1.74. The van der Waals surface area contributed by atoms with E-state index in [0.717, 1.165) is 0 Å². The lowest BCUT2D eigenvalue weighted by Gasteiger charge is -2.17. The zero-order valence-corrected chi connectivity index (χ0v) is 16.7. The largest absolute Gasteiger partial charge is 0.510 e. The number of carbonyl (C=O) groups is 1. The predicted molar refractivity (Wildman–Crippen MR) is 102 cm³/mol. The number of ether oxygens (including phenoxy) is 3. The maximum Gasteiger partial charge on any atom is 0.510 e. The number of rotatable bonds is 10. The minimum Gasteiger partial charge on any atom is -0.432 e. The predicted octanol–water partition coefficient (Wildman–Crippen LogP) is 1.61. The van der Waals surface area contributed by atoms with Gasteiger partial charge in [0.25, 0.3) is 0 Å². The second kappa shape index (κ2) is 11.8. The summed E-state index contributed by atoms with van der Waals surface area (Å²) in [6.07, 6.45) is -0.878. The molecule has 0 aromatic heterocycles. The fourth-order valence-corrected chi connectivity index (χ4v) is 2.78. The van der Waals surface area contributed by atoms with Crippen molar-refractivity contribution in [3.8, 4) is 0 Å². The van der Waals surface area contributed by atoms with Gasteiger partial charge in [0.2, 0.25) is 5.96 Å². The van der Waals surface area contributed by atoms with E-state index in [1.807, 2.05) is 0 Å². The van der Waals surface area contributed by atoms with Crippen LogP contribution in [0.2, 0.25) is 10.0 Å². The molecule has 1 saturated heterocycles. The first-order valence-corrected chi connectivity index (χ1v) is 9.12. The Morgan fingerprint density at radius 3 is 2.59 bits per heavy atom. The molecule has 14 heteroatoms. The van der Waals surface area contributed by atoms with Crippen molar-refractivity contribution in [3.05, 3.63) is 22.2 Å². The van der Waals surface area contributed by atoms with Gasteiger partial charge < -0.3 is 30.2 Å². The van der Waals surface area contributed by atoms with Crippen LogP contribution in [-0.4, -0.2) is 79.1 Å². The summed E-state index contributed by atoms with van der Waals surface area (Å²) in [4.78, 5) is 22.0. The molecule has 2 rings (SSSR count). The normalized spacial score (nSPS) is 15.1. The molecular formula is C15H21Cl2N5O7. The van der Waals surface area contributed by atoms with Gasteiger partial charge in [-0.3, -0.25) is 10.4 Å². The van der Waals surface area contributed by atoms with Gasteiger partial charge in [0, 0.05) is 18.8 Å². The molecule has 0 spiro atoms. The van der Waals surface area contributed by atoms with Gasteiger partial charge in [0.15, 0.2) is 6.73 Å². The number of anilines is 1. The van der Waals surface area contributed by atoms with E-state index in [9.17, 15) is 4.79 Å². The van der Waals surface area contributed by atoms with Gasteiger partial charge >= 0.3 is 6.16 Å². The maximum absolute atomic E-state index is 11.6. The van der Waals surface area contributed by atoms with E-state index in [4.69, 9.17) is 53.6 Å². The van der Waals surface area contributed by atoms with Gasteiger partial charge in [-0.2, -0.15) is 0 Å². The van der Waals surface area contributed by atoms with E-state index in [2.05, 4.69) is 15.1 Å². The maximum atomic E-state index is 11.6. The zero-order chi connectivity index (χ0) is 21.2. The molecule has 1 aromatic rings. The number of carbonyl (C=O) groups excluding carboxylic acids is 1. The molecule has 0 aliphatic carbocycles. The minimum atomic E-state index is -0.878. The summed E-state index contributed by atoms with van der Waals surface area (Å²) in [6, 6.07) is 3.08. The fraction of sp³-hybridized carbons (Fsp3) is 0.467. The standard InChI is InChI=1S/C15H21Cl2N5O7/c16-11-7-10(18)8-12(17)13(11)20-14-19-1-2-21(14)9-28-15(23)27-5-3-26-4-6-29-22(24)25/h7-8,24-25H,1-6,9,18H2,(H,19,20). The van der Waals surface area contributed by atoms with Crippen LogP contribution in [0.5, 0.6) is 0 Å². The summed E-state index contributed by atoms with van der Waals surface area (Å²) >= 11 is 12.3. The molecule has 1 fully saturated rings. The van der Waals surface area contributed by atoms with Crippen LogP contribution in [-0.2, 0) is 19.0 Å². The van der Waals surface area contributed by atoms with Crippen molar-refractivity contribution < 1.29 is 34.3 Å². The number of nitrogen functional groups attached to an aromatic ring is 1. The van der Waals surface area contributed by atoms with E-state index in [1.54, 1.807) is 4.90 Å². The zero-order valence-electron chi connectivity index (χ0n) is 15.2. The van der Waals surface area contributed by atoms with Gasteiger partial charge in [-0.1, -0.05) is 23.2 Å². The third-order valence-corrected chi connectivity index (χ3v) is 4.02. The van der Waals surface area contributed by atoms with Gasteiger partial charge in [0.1, 0.15) is 12.3 Å². The number of nitrogens with two attached hydrogens (primary N) is 1. The van der Waals surface area contributed by atoms with Gasteiger partial charge in [-0.25, -0.2) is 14.6 Å². The molecule has 1 heterocycles. The number of hydrogen-bond donors (Lipinski definition) is 4. The quantitative estimate of drug-likeness (QED) is 0.177. The first-order chi connectivity index (χ1) is 13.9. The molecule has 12 nitrogen and oxygen atoms in total. The van der Waals surface area contributed by atoms with Crippen LogP contribution in [0.3, 0.4) is 0 Å². The van der Waals surface area contributed by atoms with Crippen molar-refractivity contribution >= 4 is 46.7 Å². The Labute approximate surface area is 176 Å². The SMILES string of the molecule is Nc1cc(Cl)c(/N=C2\NCCN2COC(=O)OCCOCCON(O)O)c(Cl)c1. The molecule has 5 N–H and O–H groups in total. The smallest absolute Gasteiger partial charge is 0.432 e. The molecule has 0 amide bonds. The lowest BCUT2D eigenvalue weighted by molar-refractivity contribution is -0.493. The molecule has 162 valence electrons. The number of nitrogens with zero attached hydrogens (tertiary/aromatic N) is 3.